The Bertz CT molecular complexity index is 450. The fraction of sp³-hybridized carbons (Fsp3) is 0.111. The highest BCUT2D eigenvalue weighted by molar-refractivity contribution is 5.82. The van der Waals surface area contributed by atoms with Crippen LogP contribution in [0.1, 0.15) is 5.56 Å². The van der Waals surface area contributed by atoms with Crippen LogP contribution in [0.4, 0.5) is 8.78 Å². The lowest BCUT2D eigenvalue weighted by atomic mass is 10.1. The molecule has 0 fully saturated rings. The van der Waals surface area contributed by atoms with E-state index < -0.39 is 11.6 Å². The Morgan fingerprint density at radius 1 is 1.23 bits per heavy atom. The van der Waals surface area contributed by atoms with Crippen molar-refractivity contribution in [2.45, 2.75) is 6.54 Å². The number of hydrogen-bond acceptors (Lipinski definition) is 2. The lowest BCUT2D eigenvalue weighted by molar-refractivity contribution is 0.554. The first-order valence-electron chi connectivity index (χ1n) is 3.78. The van der Waals surface area contributed by atoms with Crippen molar-refractivity contribution in [1.82, 2.24) is 0 Å². The Balaban J connectivity index is 2.87. The maximum Gasteiger partial charge on any atom is 0.172 e. The summed E-state index contributed by atoms with van der Waals surface area (Å²) in [6.07, 6.45) is 1.27. The van der Waals surface area contributed by atoms with Crippen LogP contribution in [0, 0.1) is 11.6 Å². The summed E-state index contributed by atoms with van der Waals surface area (Å²) in [4.78, 5) is 0. The molecule has 1 aromatic carbocycles. The molecule has 0 atom stereocenters. The van der Waals surface area contributed by atoms with Crippen LogP contribution in [0.5, 0.6) is 0 Å². The quantitative estimate of drug-likeness (QED) is 0.735. The lowest BCUT2D eigenvalue weighted by Crippen LogP contribution is -1.95. The fourth-order valence-electron chi connectivity index (χ4n) is 1.29. The van der Waals surface area contributed by atoms with Gasteiger partial charge in [0.2, 0.25) is 0 Å². The minimum atomic E-state index is -0.573. The second-order valence-electron chi connectivity index (χ2n) is 2.70. The van der Waals surface area contributed by atoms with E-state index in [0.29, 0.717) is 5.56 Å². The average Bonchev–Trinajstić information content (AvgIpc) is 2.56. The number of furan rings is 1. The number of fused-ring (bicyclic) bond motifs is 1. The summed E-state index contributed by atoms with van der Waals surface area (Å²) in [6, 6.07) is 2.09. The van der Waals surface area contributed by atoms with Crippen LogP contribution < -0.4 is 5.73 Å². The first-order valence-corrected chi connectivity index (χ1v) is 3.78. The number of halogens is 2. The molecule has 0 spiro atoms. The molecule has 0 unspecified atom stereocenters. The molecule has 0 saturated carbocycles. The van der Waals surface area contributed by atoms with Crippen LogP contribution >= 0.6 is 0 Å². The summed E-state index contributed by atoms with van der Waals surface area (Å²) in [7, 11) is 0. The number of benzene rings is 1. The van der Waals surface area contributed by atoms with Crippen molar-refractivity contribution in [2.24, 2.45) is 5.73 Å². The van der Waals surface area contributed by atoms with E-state index in [1.54, 1.807) is 0 Å². The minimum Gasteiger partial charge on any atom is -0.461 e. The van der Waals surface area contributed by atoms with Gasteiger partial charge in [0.15, 0.2) is 11.4 Å². The normalized spacial score (nSPS) is 11.0. The van der Waals surface area contributed by atoms with Crippen LogP contribution in [-0.2, 0) is 6.54 Å². The van der Waals surface area contributed by atoms with Crippen molar-refractivity contribution in [2.75, 3.05) is 0 Å². The molecule has 2 nitrogen and oxygen atoms in total. The molecule has 0 saturated heterocycles. The molecule has 1 aromatic heterocycles. The number of rotatable bonds is 1. The number of hydrogen-bond donors (Lipinski definition) is 1. The predicted molar refractivity (Wildman–Crippen MR) is 44.0 cm³/mol. The Labute approximate surface area is 72.9 Å². The standard InChI is InChI=1S/C9H7F2NO/c10-6-1-2-7(11)9-8(6)5(3-12)4-13-9/h1-2,4H,3,12H2. The highest BCUT2D eigenvalue weighted by Crippen LogP contribution is 2.25. The van der Waals surface area contributed by atoms with Gasteiger partial charge in [-0.05, 0) is 12.1 Å². The van der Waals surface area contributed by atoms with Crippen molar-refractivity contribution < 1.29 is 13.2 Å². The molecule has 0 aliphatic heterocycles. The molecule has 4 heteroatoms. The second kappa shape index (κ2) is 2.81. The van der Waals surface area contributed by atoms with Gasteiger partial charge in [0, 0.05) is 12.1 Å². The van der Waals surface area contributed by atoms with Gasteiger partial charge in [-0.15, -0.1) is 0 Å². The van der Waals surface area contributed by atoms with Crippen LogP contribution in [0.2, 0.25) is 0 Å². The predicted octanol–water partition coefficient (Wildman–Crippen LogP) is 2.17. The van der Waals surface area contributed by atoms with Gasteiger partial charge in [0.1, 0.15) is 5.82 Å². The van der Waals surface area contributed by atoms with Gasteiger partial charge >= 0.3 is 0 Å². The number of nitrogens with two attached hydrogens (primary N) is 1. The van der Waals surface area contributed by atoms with E-state index in [2.05, 4.69) is 0 Å². The molecule has 2 N–H and O–H groups in total. The first kappa shape index (κ1) is 8.19. The van der Waals surface area contributed by atoms with Crippen molar-refractivity contribution in [3.05, 3.63) is 35.6 Å². The average molecular weight is 183 g/mol. The zero-order valence-electron chi connectivity index (χ0n) is 6.68. The van der Waals surface area contributed by atoms with Crippen molar-refractivity contribution in [1.29, 1.82) is 0 Å². The van der Waals surface area contributed by atoms with Crippen LogP contribution in [0.25, 0.3) is 11.0 Å². The third-order valence-electron chi connectivity index (χ3n) is 1.92. The molecular formula is C9H7F2NO. The molecule has 0 radical (unpaired) electrons. The summed E-state index contributed by atoms with van der Waals surface area (Å²) < 4.78 is 31.0. The van der Waals surface area contributed by atoms with E-state index in [-0.39, 0.29) is 17.5 Å². The Kier molecular flexibility index (Phi) is 1.77. The lowest BCUT2D eigenvalue weighted by Gasteiger charge is -1.94. The fourth-order valence-corrected chi connectivity index (χ4v) is 1.29. The van der Waals surface area contributed by atoms with Crippen LogP contribution in [-0.4, -0.2) is 0 Å². The second-order valence-corrected chi connectivity index (χ2v) is 2.70. The molecule has 0 bridgehead atoms. The highest BCUT2D eigenvalue weighted by Gasteiger charge is 2.13. The topological polar surface area (TPSA) is 39.2 Å². The van der Waals surface area contributed by atoms with E-state index in [4.69, 9.17) is 10.2 Å². The van der Waals surface area contributed by atoms with Crippen molar-refractivity contribution in [3.8, 4) is 0 Å². The molecule has 0 aliphatic rings. The SMILES string of the molecule is NCc1coc2c(F)ccc(F)c12. The summed E-state index contributed by atoms with van der Waals surface area (Å²) in [5.41, 5.74) is 5.74. The minimum absolute atomic E-state index is 0.0690. The first-order chi connectivity index (χ1) is 6.24. The summed E-state index contributed by atoms with van der Waals surface area (Å²) in [6.45, 7) is 0.132. The molecule has 13 heavy (non-hydrogen) atoms. The molecule has 68 valence electrons. The van der Waals surface area contributed by atoms with Gasteiger partial charge in [0.25, 0.3) is 0 Å². The molecule has 2 aromatic rings. The summed E-state index contributed by atoms with van der Waals surface area (Å²) in [5.74, 6) is -1.08. The van der Waals surface area contributed by atoms with Gasteiger partial charge in [-0.3, -0.25) is 0 Å². The van der Waals surface area contributed by atoms with Gasteiger partial charge in [-0.1, -0.05) is 0 Å². The van der Waals surface area contributed by atoms with Gasteiger partial charge in [-0.25, -0.2) is 8.78 Å². The molecule has 1 heterocycles. The molecule has 2 rings (SSSR count). The largest absolute Gasteiger partial charge is 0.461 e. The van der Waals surface area contributed by atoms with Gasteiger partial charge in [0.05, 0.1) is 11.6 Å². The third-order valence-corrected chi connectivity index (χ3v) is 1.92. The summed E-state index contributed by atoms with van der Waals surface area (Å²) >= 11 is 0. The Morgan fingerprint density at radius 2 is 1.92 bits per heavy atom. The highest BCUT2D eigenvalue weighted by atomic mass is 19.1. The van der Waals surface area contributed by atoms with Crippen molar-refractivity contribution in [3.63, 3.8) is 0 Å². The maximum atomic E-state index is 13.2. The van der Waals surface area contributed by atoms with Crippen molar-refractivity contribution >= 4 is 11.0 Å². The van der Waals surface area contributed by atoms with E-state index in [0.717, 1.165) is 12.1 Å². The Hall–Kier alpha value is -1.42. The zero-order valence-corrected chi connectivity index (χ0v) is 6.68. The van der Waals surface area contributed by atoms with E-state index in [9.17, 15) is 8.78 Å². The Morgan fingerprint density at radius 3 is 2.62 bits per heavy atom. The van der Waals surface area contributed by atoms with E-state index in [1.165, 1.54) is 6.26 Å². The third kappa shape index (κ3) is 1.10. The van der Waals surface area contributed by atoms with Crippen LogP contribution in [0.3, 0.4) is 0 Å². The van der Waals surface area contributed by atoms with Gasteiger partial charge in [-0.2, -0.15) is 0 Å². The smallest absolute Gasteiger partial charge is 0.172 e. The zero-order chi connectivity index (χ0) is 9.42. The van der Waals surface area contributed by atoms with Crippen LogP contribution in [0.15, 0.2) is 22.8 Å². The molecule has 0 aliphatic carbocycles. The monoisotopic (exact) mass is 183 g/mol. The molecule has 0 amide bonds. The summed E-state index contributed by atoms with van der Waals surface area (Å²) in [5, 5.41) is 0.141. The van der Waals surface area contributed by atoms with E-state index in [1.807, 2.05) is 0 Å². The maximum absolute atomic E-state index is 13.2. The van der Waals surface area contributed by atoms with E-state index >= 15 is 0 Å². The van der Waals surface area contributed by atoms with Gasteiger partial charge < -0.3 is 10.2 Å². The molecular weight excluding hydrogens is 176 g/mol.